The smallest absolute Gasteiger partial charge is 0.280 e. The molecule has 5 nitrogen and oxygen atoms in total. The highest BCUT2D eigenvalue weighted by atomic mass is 16.1. The highest BCUT2D eigenvalue weighted by Gasteiger charge is 2.17. The van der Waals surface area contributed by atoms with Crippen LogP contribution < -0.4 is 5.56 Å². The molecule has 0 fully saturated rings. The van der Waals surface area contributed by atoms with Crippen molar-refractivity contribution in [2.75, 3.05) is 0 Å². The monoisotopic (exact) mass is 320 g/mol. The Kier molecular flexibility index (Phi) is 4.70. The maximum atomic E-state index is 12.9. The van der Waals surface area contributed by atoms with Crippen molar-refractivity contribution in [3.05, 3.63) is 76.5 Å². The largest absolute Gasteiger partial charge is 0.294 e. The molecule has 0 radical (unpaired) electrons. The van der Waals surface area contributed by atoms with Gasteiger partial charge in [0.2, 0.25) is 0 Å². The SMILES string of the molecule is CCCc1[nH]n(-c2ccccc2)c(=O)c1C(C)=Nc1cccnc1. The number of rotatable bonds is 5. The molecule has 0 saturated carbocycles. The van der Waals surface area contributed by atoms with E-state index in [0.29, 0.717) is 11.3 Å². The van der Waals surface area contributed by atoms with Gasteiger partial charge in [-0.1, -0.05) is 31.5 Å². The third-order valence-electron chi connectivity index (χ3n) is 3.78. The van der Waals surface area contributed by atoms with Crippen molar-refractivity contribution >= 4 is 11.4 Å². The predicted molar refractivity (Wildman–Crippen MR) is 96.5 cm³/mol. The first-order valence-corrected chi connectivity index (χ1v) is 8.05. The Morgan fingerprint density at radius 3 is 2.67 bits per heavy atom. The molecule has 3 aromatic rings. The van der Waals surface area contributed by atoms with E-state index >= 15 is 0 Å². The fourth-order valence-electron chi connectivity index (χ4n) is 2.71. The Bertz CT molecular complexity index is 892. The zero-order valence-corrected chi connectivity index (χ0v) is 13.9. The van der Waals surface area contributed by atoms with Crippen LogP contribution in [0.15, 0.2) is 64.6 Å². The van der Waals surface area contributed by atoms with Crippen molar-refractivity contribution < 1.29 is 0 Å². The minimum Gasteiger partial charge on any atom is -0.294 e. The molecule has 0 aliphatic heterocycles. The van der Waals surface area contributed by atoms with Crippen LogP contribution in [0.25, 0.3) is 5.69 Å². The van der Waals surface area contributed by atoms with Gasteiger partial charge in [-0.05, 0) is 37.6 Å². The summed E-state index contributed by atoms with van der Waals surface area (Å²) < 4.78 is 1.59. The van der Waals surface area contributed by atoms with Gasteiger partial charge in [-0.2, -0.15) is 0 Å². The molecule has 0 bridgehead atoms. The number of H-pyrrole nitrogens is 1. The molecule has 0 saturated heterocycles. The Balaban J connectivity index is 2.11. The molecule has 0 amide bonds. The van der Waals surface area contributed by atoms with Gasteiger partial charge in [0, 0.05) is 11.9 Å². The van der Waals surface area contributed by atoms with Crippen LogP contribution in [0, 0.1) is 0 Å². The molecule has 1 N–H and O–H groups in total. The number of aliphatic imine (C=N–C) groups is 1. The molecule has 5 heteroatoms. The Hall–Kier alpha value is -2.95. The number of nitrogens with zero attached hydrogens (tertiary/aromatic N) is 3. The number of hydrogen-bond donors (Lipinski definition) is 1. The number of hydrogen-bond acceptors (Lipinski definition) is 3. The summed E-state index contributed by atoms with van der Waals surface area (Å²) in [6, 6.07) is 13.3. The number of para-hydroxylation sites is 1. The van der Waals surface area contributed by atoms with Crippen LogP contribution in [0.1, 0.15) is 31.5 Å². The fourth-order valence-corrected chi connectivity index (χ4v) is 2.71. The van der Waals surface area contributed by atoms with Gasteiger partial charge in [-0.3, -0.25) is 19.9 Å². The van der Waals surface area contributed by atoms with Crippen molar-refractivity contribution in [1.29, 1.82) is 0 Å². The quantitative estimate of drug-likeness (QED) is 0.729. The molecule has 0 unspecified atom stereocenters. The first-order chi connectivity index (χ1) is 11.7. The normalized spacial score (nSPS) is 11.7. The number of aryl methyl sites for hydroxylation is 1. The van der Waals surface area contributed by atoms with Gasteiger partial charge in [0.05, 0.1) is 28.8 Å². The lowest BCUT2D eigenvalue weighted by Crippen LogP contribution is -2.19. The molecular weight excluding hydrogens is 300 g/mol. The second-order valence-corrected chi connectivity index (χ2v) is 5.60. The van der Waals surface area contributed by atoms with Gasteiger partial charge in [-0.25, -0.2) is 4.68 Å². The second-order valence-electron chi connectivity index (χ2n) is 5.60. The summed E-state index contributed by atoms with van der Waals surface area (Å²) in [6.07, 6.45) is 5.13. The zero-order chi connectivity index (χ0) is 16.9. The van der Waals surface area contributed by atoms with Crippen LogP contribution in [0.2, 0.25) is 0 Å². The molecular formula is C19H20N4O. The van der Waals surface area contributed by atoms with Gasteiger partial charge in [0.1, 0.15) is 0 Å². The van der Waals surface area contributed by atoms with Crippen LogP contribution in [-0.2, 0) is 6.42 Å². The number of aromatic amines is 1. The van der Waals surface area contributed by atoms with E-state index in [0.717, 1.165) is 29.9 Å². The van der Waals surface area contributed by atoms with Crippen molar-refractivity contribution in [3.63, 3.8) is 0 Å². The number of nitrogens with one attached hydrogen (secondary N) is 1. The van der Waals surface area contributed by atoms with E-state index in [2.05, 4.69) is 22.0 Å². The van der Waals surface area contributed by atoms with Crippen LogP contribution >= 0.6 is 0 Å². The summed E-state index contributed by atoms with van der Waals surface area (Å²) >= 11 is 0. The van der Waals surface area contributed by atoms with E-state index < -0.39 is 0 Å². The molecule has 24 heavy (non-hydrogen) atoms. The summed E-state index contributed by atoms with van der Waals surface area (Å²) in [5, 5.41) is 3.24. The lowest BCUT2D eigenvalue weighted by Gasteiger charge is -2.01. The van der Waals surface area contributed by atoms with Crippen LogP contribution in [0.3, 0.4) is 0 Å². The third-order valence-corrected chi connectivity index (χ3v) is 3.78. The third kappa shape index (κ3) is 3.20. The average molecular weight is 320 g/mol. The number of pyridine rings is 1. The minimum atomic E-state index is -0.0743. The molecule has 3 rings (SSSR count). The minimum absolute atomic E-state index is 0.0743. The Morgan fingerprint density at radius 1 is 1.21 bits per heavy atom. The van der Waals surface area contributed by atoms with Gasteiger partial charge < -0.3 is 0 Å². The average Bonchev–Trinajstić information content (AvgIpc) is 2.93. The van der Waals surface area contributed by atoms with Gasteiger partial charge in [0.25, 0.3) is 5.56 Å². The summed E-state index contributed by atoms with van der Waals surface area (Å²) in [4.78, 5) is 21.6. The van der Waals surface area contributed by atoms with E-state index in [4.69, 9.17) is 0 Å². The number of benzene rings is 1. The number of aromatic nitrogens is 3. The van der Waals surface area contributed by atoms with Crippen LogP contribution in [-0.4, -0.2) is 20.5 Å². The molecule has 2 heterocycles. The molecule has 122 valence electrons. The lowest BCUT2D eigenvalue weighted by atomic mass is 10.1. The standard InChI is InChI=1S/C19H20N4O/c1-3-8-17-18(14(2)21-15-9-7-12-20-13-15)19(24)23(22-17)16-10-5-4-6-11-16/h4-7,9-13,22H,3,8H2,1-2H3. The van der Waals surface area contributed by atoms with Crippen molar-refractivity contribution in [2.45, 2.75) is 26.7 Å². The summed E-state index contributed by atoms with van der Waals surface area (Å²) in [5.41, 5.74) is 3.74. The van der Waals surface area contributed by atoms with E-state index in [9.17, 15) is 4.79 Å². The summed E-state index contributed by atoms with van der Waals surface area (Å²) in [5.74, 6) is 0. The maximum Gasteiger partial charge on any atom is 0.280 e. The molecule has 1 aromatic carbocycles. The summed E-state index contributed by atoms with van der Waals surface area (Å²) in [7, 11) is 0. The predicted octanol–water partition coefficient (Wildman–Crippen LogP) is 3.65. The highest BCUT2D eigenvalue weighted by Crippen LogP contribution is 2.14. The highest BCUT2D eigenvalue weighted by molar-refractivity contribution is 6.01. The second kappa shape index (κ2) is 7.08. The maximum absolute atomic E-state index is 12.9. The molecule has 0 aliphatic carbocycles. The van der Waals surface area contributed by atoms with Crippen LogP contribution in [0.5, 0.6) is 0 Å². The Labute approximate surface area is 140 Å². The van der Waals surface area contributed by atoms with E-state index in [1.807, 2.05) is 49.4 Å². The van der Waals surface area contributed by atoms with E-state index in [1.165, 1.54) is 0 Å². The molecule has 2 aromatic heterocycles. The van der Waals surface area contributed by atoms with Gasteiger partial charge in [-0.15, -0.1) is 0 Å². The summed E-state index contributed by atoms with van der Waals surface area (Å²) in [6.45, 7) is 3.96. The van der Waals surface area contributed by atoms with Crippen molar-refractivity contribution in [1.82, 2.24) is 14.8 Å². The Morgan fingerprint density at radius 2 is 2.00 bits per heavy atom. The first-order valence-electron chi connectivity index (χ1n) is 8.05. The first kappa shape index (κ1) is 15.9. The van der Waals surface area contributed by atoms with E-state index in [1.54, 1.807) is 17.1 Å². The van der Waals surface area contributed by atoms with Crippen LogP contribution in [0.4, 0.5) is 5.69 Å². The topological polar surface area (TPSA) is 63.0 Å². The van der Waals surface area contributed by atoms with Gasteiger partial charge >= 0.3 is 0 Å². The lowest BCUT2D eigenvalue weighted by molar-refractivity contribution is 0.793. The van der Waals surface area contributed by atoms with Crippen molar-refractivity contribution in [2.24, 2.45) is 4.99 Å². The molecule has 0 atom stereocenters. The zero-order valence-electron chi connectivity index (χ0n) is 13.9. The van der Waals surface area contributed by atoms with E-state index in [-0.39, 0.29) is 5.56 Å². The van der Waals surface area contributed by atoms with Gasteiger partial charge in [0.15, 0.2) is 0 Å². The van der Waals surface area contributed by atoms with Crippen molar-refractivity contribution in [3.8, 4) is 5.69 Å². The molecule has 0 aliphatic rings. The fraction of sp³-hybridized carbons (Fsp3) is 0.211. The molecule has 0 spiro atoms.